The molecule has 1 aliphatic heterocycles. The SMILES string of the molecule is CCNC(=NCc1c(C)nn(C)c1C)NC1CCS(=O)(=O)C1. The molecule has 22 heavy (non-hydrogen) atoms. The van der Waals surface area contributed by atoms with Crippen molar-refractivity contribution in [2.45, 2.75) is 39.8 Å². The third kappa shape index (κ3) is 4.00. The van der Waals surface area contributed by atoms with Crippen molar-refractivity contribution in [3.63, 3.8) is 0 Å². The van der Waals surface area contributed by atoms with Crippen molar-refractivity contribution in [2.75, 3.05) is 18.1 Å². The van der Waals surface area contributed by atoms with Crippen molar-refractivity contribution in [3.8, 4) is 0 Å². The van der Waals surface area contributed by atoms with Gasteiger partial charge in [0.2, 0.25) is 0 Å². The molecule has 1 fully saturated rings. The molecule has 0 amide bonds. The minimum absolute atomic E-state index is 0.0566. The van der Waals surface area contributed by atoms with Crippen molar-refractivity contribution in [2.24, 2.45) is 12.0 Å². The van der Waals surface area contributed by atoms with E-state index in [1.165, 1.54) is 0 Å². The number of nitrogens with zero attached hydrogens (tertiary/aromatic N) is 3. The quantitative estimate of drug-likeness (QED) is 0.612. The first-order valence-electron chi connectivity index (χ1n) is 7.56. The van der Waals surface area contributed by atoms with Crippen LogP contribution < -0.4 is 10.6 Å². The second kappa shape index (κ2) is 6.68. The van der Waals surface area contributed by atoms with Crippen molar-refractivity contribution in [1.29, 1.82) is 0 Å². The lowest BCUT2D eigenvalue weighted by atomic mass is 10.2. The van der Waals surface area contributed by atoms with E-state index in [1.54, 1.807) is 0 Å². The van der Waals surface area contributed by atoms with Crippen LogP contribution in [0.1, 0.15) is 30.3 Å². The fourth-order valence-corrected chi connectivity index (χ4v) is 4.30. The normalized spacial score (nSPS) is 21.1. The average molecular weight is 327 g/mol. The Kier molecular flexibility index (Phi) is 5.10. The van der Waals surface area contributed by atoms with Crippen LogP contribution >= 0.6 is 0 Å². The predicted molar refractivity (Wildman–Crippen MR) is 87.7 cm³/mol. The highest BCUT2D eigenvalue weighted by Crippen LogP contribution is 2.14. The number of sulfone groups is 1. The zero-order chi connectivity index (χ0) is 16.3. The topological polar surface area (TPSA) is 88.4 Å². The Hall–Kier alpha value is -1.57. The van der Waals surface area contributed by atoms with Gasteiger partial charge in [0, 0.05) is 30.9 Å². The summed E-state index contributed by atoms with van der Waals surface area (Å²) in [5.74, 6) is 1.10. The fourth-order valence-electron chi connectivity index (χ4n) is 2.63. The lowest BCUT2D eigenvalue weighted by Crippen LogP contribution is -2.44. The molecule has 0 radical (unpaired) electrons. The molecule has 0 bridgehead atoms. The first-order chi connectivity index (χ1) is 10.3. The molecular weight excluding hydrogens is 302 g/mol. The van der Waals surface area contributed by atoms with E-state index in [-0.39, 0.29) is 17.5 Å². The number of aromatic nitrogens is 2. The fraction of sp³-hybridized carbons (Fsp3) is 0.714. The van der Waals surface area contributed by atoms with E-state index in [9.17, 15) is 8.42 Å². The van der Waals surface area contributed by atoms with Gasteiger partial charge in [0.15, 0.2) is 15.8 Å². The van der Waals surface area contributed by atoms with Crippen LogP contribution in [0.2, 0.25) is 0 Å². The maximum atomic E-state index is 11.5. The lowest BCUT2D eigenvalue weighted by Gasteiger charge is -2.15. The monoisotopic (exact) mass is 327 g/mol. The van der Waals surface area contributed by atoms with Gasteiger partial charge in [0.25, 0.3) is 0 Å². The first-order valence-corrected chi connectivity index (χ1v) is 9.39. The average Bonchev–Trinajstić information content (AvgIpc) is 2.88. The van der Waals surface area contributed by atoms with Crippen molar-refractivity contribution in [1.82, 2.24) is 20.4 Å². The molecule has 7 nitrogen and oxygen atoms in total. The Morgan fingerprint density at radius 2 is 2.18 bits per heavy atom. The maximum Gasteiger partial charge on any atom is 0.191 e. The molecule has 124 valence electrons. The van der Waals surface area contributed by atoms with Crippen LogP contribution in [0.5, 0.6) is 0 Å². The van der Waals surface area contributed by atoms with E-state index in [0.717, 1.165) is 23.5 Å². The minimum Gasteiger partial charge on any atom is -0.357 e. The standard InChI is InChI=1S/C14H25N5O2S/c1-5-15-14(17-12-6-7-22(20,21)9-12)16-8-13-10(2)18-19(4)11(13)3/h12H,5-9H2,1-4H3,(H2,15,16,17). The zero-order valence-electron chi connectivity index (χ0n) is 13.7. The highest BCUT2D eigenvalue weighted by Gasteiger charge is 2.28. The Morgan fingerprint density at radius 1 is 1.45 bits per heavy atom. The highest BCUT2D eigenvalue weighted by atomic mass is 32.2. The van der Waals surface area contributed by atoms with Crippen LogP contribution in [0.3, 0.4) is 0 Å². The van der Waals surface area contributed by atoms with Gasteiger partial charge < -0.3 is 10.6 Å². The molecule has 2 heterocycles. The highest BCUT2D eigenvalue weighted by molar-refractivity contribution is 7.91. The molecule has 1 saturated heterocycles. The van der Waals surface area contributed by atoms with Gasteiger partial charge in [0.05, 0.1) is 23.7 Å². The Labute approximate surface area is 132 Å². The summed E-state index contributed by atoms with van der Waals surface area (Å²) in [6.45, 7) is 7.25. The summed E-state index contributed by atoms with van der Waals surface area (Å²) < 4.78 is 24.9. The molecule has 1 aromatic rings. The van der Waals surface area contributed by atoms with E-state index < -0.39 is 9.84 Å². The largest absolute Gasteiger partial charge is 0.357 e. The summed E-state index contributed by atoms with van der Waals surface area (Å²) in [6, 6.07) is -0.0566. The van der Waals surface area contributed by atoms with Gasteiger partial charge >= 0.3 is 0 Å². The smallest absolute Gasteiger partial charge is 0.191 e. The Bertz CT molecular complexity index is 663. The number of rotatable bonds is 4. The van der Waals surface area contributed by atoms with E-state index in [4.69, 9.17) is 0 Å². The number of guanidine groups is 1. The molecule has 0 saturated carbocycles. The van der Waals surface area contributed by atoms with Gasteiger partial charge in [-0.3, -0.25) is 4.68 Å². The predicted octanol–water partition coefficient (Wildman–Crippen LogP) is 0.279. The van der Waals surface area contributed by atoms with E-state index in [2.05, 4.69) is 20.7 Å². The van der Waals surface area contributed by atoms with Crippen LogP contribution in [-0.4, -0.2) is 48.3 Å². The van der Waals surface area contributed by atoms with Gasteiger partial charge in [-0.1, -0.05) is 0 Å². The van der Waals surface area contributed by atoms with Crippen molar-refractivity contribution >= 4 is 15.8 Å². The van der Waals surface area contributed by atoms with Crippen LogP contribution in [0, 0.1) is 13.8 Å². The molecule has 1 aromatic heterocycles. The summed E-state index contributed by atoms with van der Waals surface area (Å²) in [5, 5.41) is 10.8. The molecule has 1 unspecified atom stereocenters. The third-order valence-electron chi connectivity index (χ3n) is 3.97. The van der Waals surface area contributed by atoms with Gasteiger partial charge in [0.1, 0.15) is 0 Å². The number of hydrogen-bond acceptors (Lipinski definition) is 4. The van der Waals surface area contributed by atoms with Crippen LogP contribution in [0.15, 0.2) is 4.99 Å². The van der Waals surface area contributed by atoms with Gasteiger partial charge in [-0.15, -0.1) is 0 Å². The molecule has 0 aromatic carbocycles. The summed E-state index contributed by atoms with van der Waals surface area (Å²) in [5.41, 5.74) is 3.18. The van der Waals surface area contributed by atoms with Crippen molar-refractivity contribution in [3.05, 3.63) is 17.0 Å². The van der Waals surface area contributed by atoms with Crippen LogP contribution in [-0.2, 0) is 23.4 Å². The number of hydrogen-bond donors (Lipinski definition) is 2. The lowest BCUT2D eigenvalue weighted by molar-refractivity contribution is 0.599. The van der Waals surface area contributed by atoms with Crippen LogP contribution in [0.4, 0.5) is 0 Å². The number of aliphatic imine (C=N–C) groups is 1. The van der Waals surface area contributed by atoms with Gasteiger partial charge in [-0.2, -0.15) is 5.10 Å². The van der Waals surface area contributed by atoms with Crippen molar-refractivity contribution < 1.29 is 8.42 Å². The summed E-state index contributed by atoms with van der Waals surface area (Å²) in [4.78, 5) is 4.58. The van der Waals surface area contributed by atoms with Gasteiger partial charge in [-0.25, -0.2) is 13.4 Å². The molecule has 2 rings (SSSR count). The van der Waals surface area contributed by atoms with Crippen LogP contribution in [0.25, 0.3) is 0 Å². The molecule has 0 spiro atoms. The Balaban J connectivity index is 2.07. The first kappa shape index (κ1) is 16.8. The molecule has 0 aliphatic carbocycles. The van der Waals surface area contributed by atoms with E-state index in [0.29, 0.717) is 18.9 Å². The molecule has 8 heteroatoms. The third-order valence-corrected chi connectivity index (χ3v) is 5.74. The molecule has 1 atom stereocenters. The molecule has 2 N–H and O–H groups in total. The molecule has 1 aliphatic rings. The summed E-state index contributed by atoms with van der Waals surface area (Å²) in [7, 11) is -0.973. The number of aryl methyl sites for hydroxylation is 2. The minimum atomic E-state index is -2.89. The van der Waals surface area contributed by atoms with Gasteiger partial charge in [-0.05, 0) is 27.2 Å². The van der Waals surface area contributed by atoms with E-state index >= 15 is 0 Å². The number of nitrogens with one attached hydrogen (secondary N) is 2. The molecular formula is C14H25N5O2S. The zero-order valence-corrected chi connectivity index (χ0v) is 14.5. The Morgan fingerprint density at radius 3 is 2.68 bits per heavy atom. The second-order valence-corrected chi connectivity index (χ2v) is 7.94. The summed E-state index contributed by atoms with van der Waals surface area (Å²) in [6.07, 6.45) is 0.637. The van der Waals surface area contributed by atoms with E-state index in [1.807, 2.05) is 32.5 Å². The summed E-state index contributed by atoms with van der Waals surface area (Å²) >= 11 is 0. The second-order valence-electron chi connectivity index (χ2n) is 5.71. The maximum absolute atomic E-state index is 11.5.